The Bertz CT molecular complexity index is 302. The van der Waals surface area contributed by atoms with Crippen LogP contribution in [0.15, 0.2) is 0 Å². The maximum atomic E-state index is 12.1. The van der Waals surface area contributed by atoms with Gasteiger partial charge in [0.25, 0.3) is 0 Å². The molecule has 19 heavy (non-hydrogen) atoms. The molecule has 2 nitrogen and oxygen atoms in total. The maximum Gasteiger partial charge on any atom is 0.308 e. The van der Waals surface area contributed by atoms with E-state index in [4.69, 9.17) is 4.74 Å². The molecule has 1 unspecified atom stereocenters. The molecule has 0 aliphatic heterocycles. The Morgan fingerprint density at radius 2 is 1.47 bits per heavy atom. The molecule has 2 heteroatoms. The van der Waals surface area contributed by atoms with E-state index in [-0.39, 0.29) is 22.7 Å². The summed E-state index contributed by atoms with van der Waals surface area (Å²) in [5.74, 6) is -0.160. The summed E-state index contributed by atoms with van der Waals surface area (Å²) >= 11 is 0. The van der Waals surface area contributed by atoms with Gasteiger partial charge in [-0.3, -0.25) is 4.79 Å². The van der Waals surface area contributed by atoms with Crippen molar-refractivity contribution < 1.29 is 9.53 Å². The number of rotatable bonds is 7. The largest absolute Gasteiger partial charge is 0.459 e. The van der Waals surface area contributed by atoms with E-state index in [2.05, 4.69) is 48.5 Å². The van der Waals surface area contributed by atoms with Gasteiger partial charge in [-0.15, -0.1) is 0 Å². The quantitative estimate of drug-likeness (QED) is 0.594. The second kappa shape index (κ2) is 6.28. The second-order valence-electron chi connectivity index (χ2n) is 7.74. The first-order valence-corrected chi connectivity index (χ1v) is 7.63. The van der Waals surface area contributed by atoms with Crippen LogP contribution in [0.4, 0.5) is 0 Å². The van der Waals surface area contributed by atoms with Gasteiger partial charge in [0.05, 0.1) is 5.92 Å². The Hall–Kier alpha value is -0.530. The van der Waals surface area contributed by atoms with Gasteiger partial charge in [0.1, 0.15) is 5.60 Å². The minimum atomic E-state index is -0.414. The third-order valence-corrected chi connectivity index (χ3v) is 4.89. The lowest BCUT2D eigenvalue weighted by atomic mass is 9.66. The Balaban J connectivity index is 5.31. The first-order chi connectivity index (χ1) is 8.41. The van der Waals surface area contributed by atoms with Gasteiger partial charge < -0.3 is 4.74 Å². The summed E-state index contributed by atoms with van der Waals surface area (Å²) in [6.07, 6.45) is 2.98. The number of esters is 1. The predicted octanol–water partition coefficient (Wildman–Crippen LogP) is 5.21. The van der Waals surface area contributed by atoms with E-state index in [1.807, 2.05) is 13.8 Å². The second-order valence-corrected chi connectivity index (χ2v) is 7.74. The van der Waals surface area contributed by atoms with Crippen LogP contribution in [0.2, 0.25) is 0 Å². The van der Waals surface area contributed by atoms with Gasteiger partial charge in [0.2, 0.25) is 0 Å². The summed E-state index contributed by atoms with van der Waals surface area (Å²) in [6, 6.07) is 0. The molecule has 0 aliphatic rings. The van der Waals surface area contributed by atoms with E-state index >= 15 is 0 Å². The van der Waals surface area contributed by atoms with Crippen LogP contribution in [0.3, 0.4) is 0 Å². The van der Waals surface area contributed by atoms with Crippen molar-refractivity contribution in [2.24, 2.45) is 16.7 Å². The molecule has 0 fully saturated rings. The van der Waals surface area contributed by atoms with Crippen LogP contribution in [0, 0.1) is 16.7 Å². The van der Waals surface area contributed by atoms with Crippen LogP contribution in [0.1, 0.15) is 81.6 Å². The summed E-state index contributed by atoms with van der Waals surface area (Å²) in [7, 11) is 0. The van der Waals surface area contributed by atoms with Crippen LogP contribution in [-0.4, -0.2) is 11.6 Å². The molecular weight excluding hydrogens is 236 g/mol. The van der Waals surface area contributed by atoms with Gasteiger partial charge in [-0.25, -0.2) is 0 Å². The fourth-order valence-electron chi connectivity index (χ4n) is 2.17. The lowest BCUT2D eigenvalue weighted by Crippen LogP contribution is -2.49. The van der Waals surface area contributed by atoms with Crippen molar-refractivity contribution in [3.8, 4) is 0 Å². The molecule has 0 spiro atoms. The van der Waals surface area contributed by atoms with Crippen LogP contribution in [0.5, 0.6) is 0 Å². The van der Waals surface area contributed by atoms with Crippen molar-refractivity contribution in [1.82, 2.24) is 0 Å². The predicted molar refractivity (Wildman–Crippen MR) is 82.1 cm³/mol. The highest BCUT2D eigenvalue weighted by atomic mass is 16.6. The molecule has 0 amide bonds. The van der Waals surface area contributed by atoms with Gasteiger partial charge >= 0.3 is 5.97 Å². The Kier molecular flexibility index (Phi) is 6.10. The smallest absolute Gasteiger partial charge is 0.308 e. The van der Waals surface area contributed by atoms with Crippen LogP contribution < -0.4 is 0 Å². The zero-order chi connectivity index (χ0) is 15.5. The van der Waals surface area contributed by atoms with Gasteiger partial charge in [-0.2, -0.15) is 0 Å². The van der Waals surface area contributed by atoms with E-state index in [1.54, 1.807) is 0 Å². The summed E-state index contributed by atoms with van der Waals surface area (Å²) in [6.45, 7) is 19.2. The molecule has 0 saturated carbocycles. The minimum absolute atomic E-state index is 0.0238. The Morgan fingerprint density at radius 3 is 1.79 bits per heavy atom. The summed E-state index contributed by atoms with van der Waals surface area (Å²) in [5.41, 5.74) is -0.259. The normalized spacial score (nSPS) is 16.3. The molecule has 0 aromatic heterocycles. The van der Waals surface area contributed by atoms with Crippen molar-refractivity contribution in [2.45, 2.75) is 87.2 Å². The van der Waals surface area contributed by atoms with E-state index in [1.165, 1.54) is 0 Å². The topological polar surface area (TPSA) is 26.3 Å². The van der Waals surface area contributed by atoms with E-state index in [0.717, 1.165) is 19.3 Å². The third-order valence-electron chi connectivity index (χ3n) is 4.89. The molecule has 0 aromatic carbocycles. The maximum absolute atomic E-state index is 12.1. The van der Waals surface area contributed by atoms with E-state index in [0.29, 0.717) is 0 Å². The fourth-order valence-corrected chi connectivity index (χ4v) is 2.17. The zero-order valence-corrected chi connectivity index (χ0v) is 14.5. The molecule has 0 aromatic rings. The number of hydrogen-bond acceptors (Lipinski definition) is 2. The van der Waals surface area contributed by atoms with Crippen molar-refractivity contribution >= 4 is 5.97 Å². The lowest BCUT2D eigenvalue weighted by molar-refractivity contribution is -0.181. The Morgan fingerprint density at radius 1 is 1.00 bits per heavy atom. The molecule has 1 atom stereocenters. The van der Waals surface area contributed by atoms with Gasteiger partial charge in [0.15, 0.2) is 0 Å². The highest BCUT2D eigenvalue weighted by Gasteiger charge is 2.46. The highest BCUT2D eigenvalue weighted by molar-refractivity contribution is 5.72. The van der Waals surface area contributed by atoms with E-state index < -0.39 is 5.60 Å². The summed E-state index contributed by atoms with van der Waals surface area (Å²) in [4.78, 5) is 12.1. The Labute approximate surface area is 120 Å². The minimum Gasteiger partial charge on any atom is -0.459 e. The van der Waals surface area contributed by atoms with Gasteiger partial charge in [-0.1, -0.05) is 61.8 Å². The molecule has 0 N–H and O–H groups in total. The van der Waals surface area contributed by atoms with Crippen molar-refractivity contribution in [1.29, 1.82) is 0 Å². The number of hydrogen-bond donors (Lipinski definition) is 0. The van der Waals surface area contributed by atoms with Gasteiger partial charge in [0, 0.05) is 5.41 Å². The highest BCUT2D eigenvalue weighted by Crippen LogP contribution is 2.45. The fraction of sp³-hybridized carbons (Fsp3) is 0.941. The van der Waals surface area contributed by atoms with E-state index in [9.17, 15) is 4.79 Å². The SMILES string of the molecule is CCC(C)(C)CC(C)(OC(=O)C(C)C)C(C)(C)CC. The lowest BCUT2D eigenvalue weighted by Gasteiger charge is -2.47. The number of carbonyl (C=O) groups excluding carboxylic acids is 1. The molecule has 0 bridgehead atoms. The van der Waals surface area contributed by atoms with Crippen molar-refractivity contribution in [3.63, 3.8) is 0 Å². The summed E-state index contributed by atoms with van der Waals surface area (Å²) in [5, 5.41) is 0. The average Bonchev–Trinajstić information content (AvgIpc) is 2.27. The van der Waals surface area contributed by atoms with Crippen molar-refractivity contribution in [2.75, 3.05) is 0 Å². The molecular formula is C17H34O2. The number of ether oxygens (including phenoxy) is 1. The van der Waals surface area contributed by atoms with Crippen LogP contribution in [-0.2, 0) is 9.53 Å². The number of carbonyl (C=O) groups is 1. The van der Waals surface area contributed by atoms with Gasteiger partial charge in [-0.05, 0) is 25.2 Å². The van der Waals surface area contributed by atoms with Crippen LogP contribution >= 0.6 is 0 Å². The van der Waals surface area contributed by atoms with Crippen molar-refractivity contribution in [3.05, 3.63) is 0 Å². The third kappa shape index (κ3) is 4.81. The monoisotopic (exact) mass is 270 g/mol. The first-order valence-electron chi connectivity index (χ1n) is 7.63. The molecule has 0 aliphatic carbocycles. The standard InChI is InChI=1S/C17H34O2/c1-10-15(5,6)12-17(9,16(7,8)11-2)19-14(18)13(3)4/h13H,10-12H2,1-9H3. The zero-order valence-electron chi connectivity index (χ0n) is 14.5. The first kappa shape index (κ1) is 18.5. The molecule has 0 heterocycles. The molecule has 0 radical (unpaired) electrons. The average molecular weight is 270 g/mol. The molecule has 114 valence electrons. The molecule has 0 saturated heterocycles. The van der Waals surface area contributed by atoms with Crippen LogP contribution in [0.25, 0.3) is 0 Å². The molecule has 0 rings (SSSR count). The summed E-state index contributed by atoms with van der Waals surface area (Å²) < 4.78 is 5.95.